The van der Waals surface area contributed by atoms with E-state index < -0.39 is 0 Å². The molecule has 80 valence electrons. The number of hydroxylamine groups is 2. The van der Waals surface area contributed by atoms with Crippen LogP contribution in [0.4, 0.5) is 0 Å². The zero-order valence-corrected chi connectivity index (χ0v) is 8.92. The van der Waals surface area contributed by atoms with Gasteiger partial charge in [0.2, 0.25) is 0 Å². The summed E-state index contributed by atoms with van der Waals surface area (Å²) in [5.41, 5.74) is -0.128. The van der Waals surface area contributed by atoms with E-state index in [0.717, 1.165) is 32.2 Å². The van der Waals surface area contributed by atoms with Gasteiger partial charge in [-0.25, -0.2) is 5.06 Å². The van der Waals surface area contributed by atoms with Crippen molar-refractivity contribution >= 4 is 5.91 Å². The van der Waals surface area contributed by atoms with E-state index >= 15 is 0 Å². The highest BCUT2D eigenvalue weighted by Gasteiger charge is 2.40. The summed E-state index contributed by atoms with van der Waals surface area (Å²) in [7, 11) is 0. The third-order valence-electron chi connectivity index (χ3n) is 3.45. The Hall–Kier alpha value is -0.570. The third kappa shape index (κ3) is 1.78. The van der Waals surface area contributed by atoms with Gasteiger partial charge in [-0.05, 0) is 25.7 Å². The summed E-state index contributed by atoms with van der Waals surface area (Å²) in [6.45, 7) is 3.58. The molecule has 0 aromatic carbocycles. The molecule has 1 saturated carbocycles. The molecule has 0 bridgehead atoms. The molecule has 1 saturated heterocycles. The smallest absolute Gasteiger partial charge is 0.252 e. The van der Waals surface area contributed by atoms with Crippen molar-refractivity contribution in [2.24, 2.45) is 5.41 Å². The average molecular weight is 197 g/mol. The molecule has 0 aromatic heterocycles. The van der Waals surface area contributed by atoms with Crippen LogP contribution in [0.15, 0.2) is 0 Å². The number of nitrogens with zero attached hydrogens (tertiary/aromatic N) is 1. The predicted molar refractivity (Wildman–Crippen MR) is 53.5 cm³/mol. The van der Waals surface area contributed by atoms with Crippen molar-refractivity contribution in [1.82, 2.24) is 5.06 Å². The average Bonchev–Trinajstić information content (AvgIpc) is 2.67. The van der Waals surface area contributed by atoms with Crippen molar-refractivity contribution in [1.29, 1.82) is 0 Å². The molecule has 0 spiro atoms. The molecule has 0 aromatic rings. The normalized spacial score (nSPS) is 26.5. The molecule has 0 unspecified atom stereocenters. The van der Waals surface area contributed by atoms with E-state index in [9.17, 15) is 4.79 Å². The van der Waals surface area contributed by atoms with Crippen molar-refractivity contribution < 1.29 is 9.63 Å². The van der Waals surface area contributed by atoms with Crippen LogP contribution in [0.3, 0.4) is 0 Å². The molecule has 0 radical (unpaired) electrons. The summed E-state index contributed by atoms with van der Waals surface area (Å²) in [6, 6.07) is 0. The minimum absolute atomic E-state index is 0.128. The quantitative estimate of drug-likeness (QED) is 0.644. The van der Waals surface area contributed by atoms with Crippen LogP contribution in [0.5, 0.6) is 0 Å². The summed E-state index contributed by atoms with van der Waals surface area (Å²) >= 11 is 0. The molecule has 1 amide bonds. The molecule has 1 aliphatic heterocycles. The number of amides is 1. The number of hydrogen-bond acceptors (Lipinski definition) is 2. The van der Waals surface area contributed by atoms with Gasteiger partial charge in [-0.2, -0.15) is 0 Å². The fourth-order valence-electron chi connectivity index (χ4n) is 2.43. The Kier molecular flexibility index (Phi) is 2.77. The van der Waals surface area contributed by atoms with E-state index in [1.165, 1.54) is 12.8 Å². The van der Waals surface area contributed by atoms with Gasteiger partial charge in [0, 0.05) is 12.0 Å². The summed E-state index contributed by atoms with van der Waals surface area (Å²) in [4.78, 5) is 17.5. The van der Waals surface area contributed by atoms with Gasteiger partial charge in [-0.3, -0.25) is 9.63 Å². The Labute approximate surface area is 85.4 Å². The molecular formula is C11H19NO2. The number of hydrogen-bond donors (Lipinski definition) is 0. The maximum atomic E-state index is 12.1. The fraction of sp³-hybridized carbons (Fsp3) is 0.909. The Morgan fingerprint density at radius 1 is 1.21 bits per heavy atom. The molecule has 0 N–H and O–H groups in total. The number of rotatable bonds is 1. The fourth-order valence-corrected chi connectivity index (χ4v) is 2.43. The monoisotopic (exact) mass is 197 g/mol. The molecule has 14 heavy (non-hydrogen) atoms. The Bertz CT molecular complexity index is 215. The standard InChI is InChI=1S/C11H19NO2/c1-11(6-2-3-7-11)10(13)12-8-4-5-9-14-12/h2-9H2,1H3. The largest absolute Gasteiger partial charge is 0.272 e. The first-order valence-electron chi connectivity index (χ1n) is 5.67. The highest BCUT2D eigenvalue weighted by molar-refractivity contribution is 5.81. The zero-order valence-electron chi connectivity index (χ0n) is 8.92. The molecular weight excluding hydrogens is 178 g/mol. The second kappa shape index (κ2) is 3.89. The summed E-state index contributed by atoms with van der Waals surface area (Å²) in [5.74, 6) is 0.217. The molecule has 1 heterocycles. The topological polar surface area (TPSA) is 29.5 Å². The lowest BCUT2D eigenvalue weighted by molar-refractivity contribution is -0.206. The van der Waals surface area contributed by atoms with Gasteiger partial charge < -0.3 is 0 Å². The minimum atomic E-state index is -0.128. The lowest BCUT2D eigenvalue weighted by Gasteiger charge is -2.33. The van der Waals surface area contributed by atoms with Crippen molar-refractivity contribution in [3.63, 3.8) is 0 Å². The van der Waals surface area contributed by atoms with Crippen LogP contribution >= 0.6 is 0 Å². The zero-order chi connectivity index (χ0) is 10.0. The van der Waals surface area contributed by atoms with Gasteiger partial charge in [-0.15, -0.1) is 0 Å². The molecule has 0 atom stereocenters. The van der Waals surface area contributed by atoms with Crippen LogP contribution in [0.2, 0.25) is 0 Å². The summed E-state index contributed by atoms with van der Waals surface area (Å²) in [6.07, 6.45) is 6.62. The highest BCUT2D eigenvalue weighted by atomic mass is 16.7. The maximum Gasteiger partial charge on any atom is 0.252 e. The van der Waals surface area contributed by atoms with Gasteiger partial charge in [0.25, 0.3) is 5.91 Å². The van der Waals surface area contributed by atoms with Crippen molar-refractivity contribution in [2.45, 2.75) is 45.4 Å². The van der Waals surface area contributed by atoms with Gasteiger partial charge in [0.15, 0.2) is 0 Å². The van der Waals surface area contributed by atoms with E-state index in [1.807, 2.05) is 0 Å². The second-order valence-corrected chi connectivity index (χ2v) is 4.72. The lowest BCUT2D eigenvalue weighted by Crippen LogP contribution is -2.43. The van der Waals surface area contributed by atoms with Crippen molar-refractivity contribution in [3.8, 4) is 0 Å². The molecule has 3 heteroatoms. The van der Waals surface area contributed by atoms with Crippen LogP contribution in [-0.2, 0) is 9.63 Å². The Morgan fingerprint density at radius 2 is 1.93 bits per heavy atom. The van der Waals surface area contributed by atoms with E-state index in [0.29, 0.717) is 6.61 Å². The summed E-state index contributed by atoms with van der Waals surface area (Å²) < 4.78 is 0. The van der Waals surface area contributed by atoms with E-state index in [1.54, 1.807) is 5.06 Å². The first-order valence-corrected chi connectivity index (χ1v) is 5.67. The van der Waals surface area contributed by atoms with Crippen LogP contribution in [0.25, 0.3) is 0 Å². The molecule has 3 nitrogen and oxygen atoms in total. The molecule has 2 rings (SSSR count). The lowest BCUT2D eigenvalue weighted by atomic mass is 9.87. The maximum absolute atomic E-state index is 12.1. The predicted octanol–water partition coefficient (Wildman–Crippen LogP) is 2.12. The van der Waals surface area contributed by atoms with E-state index in [-0.39, 0.29) is 11.3 Å². The van der Waals surface area contributed by atoms with Gasteiger partial charge in [-0.1, -0.05) is 19.8 Å². The van der Waals surface area contributed by atoms with Gasteiger partial charge in [0.05, 0.1) is 6.61 Å². The number of carbonyl (C=O) groups is 1. The van der Waals surface area contributed by atoms with Crippen LogP contribution in [0.1, 0.15) is 45.4 Å². The molecule has 2 fully saturated rings. The van der Waals surface area contributed by atoms with Gasteiger partial charge in [0.1, 0.15) is 0 Å². The summed E-state index contributed by atoms with van der Waals surface area (Å²) in [5, 5.41) is 1.61. The molecule has 1 aliphatic carbocycles. The van der Waals surface area contributed by atoms with Crippen LogP contribution < -0.4 is 0 Å². The third-order valence-corrected chi connectivity index (χ3v) is 3.45. The minimum Gasteiger partial charge on any atom is -0.272 e. The number of carbonyl (C=O) groups excluding carboxylic acids is 1. The van der Waals surface area contributed by atoms with Crippen LogP contribution in [-0.4, -0.2) is 24.1 Å². The first kappa shape index (κ1) is 9.97. The SMILES string of the molecule is CC1(C(=O)N2CCCCO2)CCCC1. The Balaban J connectivity index is 1.98. The van der Waals surface area contributed by atoms with Crippen molar-refractivity contribution in [3.05, 3.63) is 0 Å². The first-order chi connectivity index (χ1) is 6.72. The van der Waals surface area contributed by atoms with Crippen molar-refractivity contribution in [2.75, 3.05) is 13.2 Å². The molecule has 2 aliphatic rings. The highest BCUT2D eigenvalue weighted by Crippen LogP contribution is 2.39. The van der Waals surface area contributed by atoms with E-state index in [4.69, 9.17) is 4.84 Å². The van der Waals surface area contributed by atoms with Crippen LogP contribution in [0, 0.1) is 5.41 Å². The van der Waals surface area contributed by atoms with Gasteiger partial charge >= 0.3 is 0 Å². The second-order valence-electron chi connectivity index (χ2n) is 4.72. The Morgan fingerprint density at radius 3 is 2.50 bits per heavy atom. The van der Waals surface area contributed by atoms with E-state index in [2.05, 4.69) is 6.92 Å².